The Bertz CT molecular complexity index is 142. The Morgan fingerprint density at radius 3 is 2.71 bits per heavy atom. The molecule has 0 fully saturated rings. The van der Waals surface area contributed by atoms with E-state index in [2.05, 4.69) is 28.0 Å². The smallest absolute Gasteiger partial charge is 0.0846 e. The van der Waals surface area contributed by atoms with Crippen molar-refractivity contribution in [2.75, 3.05) is 0 Å². The highest BCUT2D eigenvalue weighted by Gasteiger charge is 1.85. The molecule has 1 rings (SSSR count). The highest BCUT2D eigenvalue weighted by Crippen LogP contribution is 1.97. The second-order valence-electron chi connectivity index (χ2n) is 1.33. The lowest BCUT2D eigenvalue weighted by atomic mass is 10.5. The molecule has 0 bridgehead atoms. The standard InChI is InChI=1S/C4H5IN2/c1-4-2-3-6-7(4)5/h2-3H,1H3. The van der Waals surface area contributed by atoms with Crippen LogP contribution in [0.2, 0.25) is 0 Å². The first-order valence-electron chi connectivity index (χ1n) is 1.97. The topological polar surface area (TPSA) is 17.8 Å². The predicted molar refractivity (Wildman–Crippen MR) is 36.4 cm³/mol. The lowest BCUT2D eigenvalue weighted by Crippen LogP contribution is -1.80. The Balaban J connectivity index is 3.12. The lowest BCUT2D eigenvalue weighted by molar-refractivity contribution is 1.01. The quantitative estimate of drug-likeness (QED) is 0.589. The molecule has 0 saturated carbocycles. The summed E-state index contributed by atoms with van der Waals surface area (Å²) in [5.74, 6) is 0. The third-order valence-corrected chi connectivity index (χ3v) is 1.78. The largest absolute Gasteiger partial charge is 0.209 e. The summed E-state index contributed by atoms with van der Waals surface area (Å²) in [5, 5.41) is 3.92. The molecule has 1 heterocycles. The summed E-state index contributed by atoms with van der Waals surface area (Å²) >= 11 is 2.13. The number of rotatable bonds is 0. The van der Waals surface area contributed by atoms with Crippen LogP contribution in [-0.2, 0) is 0 Å². The number of nitrogens with zero attached hydrogens (tertiary/aromatic N) is 2. The lowest BCUT2D eigenvalue weighted by Gasteiger charge is -1.83. The zero-order valence-corrected chi connectivity index (χ0v) is 6.08. The molecule has 0 radical (unpaired) electrons. The molecule has 3 heteroatoms. The second kappa shape index (κ2) is 1.81. The third-order valence-electron chi connectivity index (χ3n) is 0.775. The fraction of sp³-hybridized carbons (Fsp3) is 0.250. The Morgan fingerprint density at radius 2 is 2.57 bits per heavy atom. The molecule has 0 atom stereocenters. The molecule has 0 amide bonds. The summed E-state index contributed by atoms with van der Waals surface area (Å²) in [6.07, 6.45) is 1.78. The third kappa shape index (κ3) is 0.933. The first-order valence-corrected chi connectivity index (χ1v) is 2.94. The van der Waals surface area contributed by atoms with Crippen LogP contribution >= 0.6 is 22.9 Å². The summed E-state index contributed by atoms with van der Waals surface area (Å²) in [5.41, 5.74) is 1.18. The average molecular weight is 208 g/mol. The van der Waals surface area contributed by atoms with Gasteiger partial charge in [0, 0.05) is 5.69 Å². The second-order valence-corrected chi connectivity index (χ2v) is 2.25. The van der Waals surface area contributed by atoms with E-state index in [0.717, 1.165) is 0 Å². The number of hydrogen-bond acceptors (Lipinski definition) is 1. The van der Waals surface area contributed by atoms with E-state index < -0.39 is 0 Å². The van der Waals surface area contributed by atoms with Gasteiger partial charge in [-0.1, -0.05) is 0 Å². The Morgan fingerprint density at radius 1 is 1.86 bits per heavy atom. The van der Waals surface area contributed by atoms with Crippen LogP contribution in [0.15, 0.2) is 12.3 Å². The first-order chi connectivity index (χ1) is 3.30. The molecule has 7 heavy (non-hydrogen) atoms. The molecule has 0 aromatic carbocycles. The van der Waals surface area contributed by atoms with Gasteiger partial charge in [-0.05, 0) is 13.0 Å². The van der Waals surface area contributed by atoms with Gasteiger partial charge in [-0.2, -0.15) is 5.10 Å². The van der Waals surface area contributed by atoms with E-state index in [0.29, 0.717) is 0 Å². The van der Waals surface area contributed by atoms with Crippen LogP contribution in [0.25, 0.3) is 0 Å². The number of halogens is 1. The Hall–Kier alpha value is -0.0600. The van der Waals surface area contributed by atoms with Crippen molar-refractivity contribution >= 4 is 22.9 Å². The molecular weight excluding hydrogens is 203 g/mol. The zero-order valence-electron chi connectivity index (χ0n) is 3.93. The SMILES string of the molecule is Cc1ccnn1I. The normalized spacial score (nSPS) is 9.43. The Kier molecular flexibility index (Phi) is 1.32. The predicted octanol–water partition coefficient (Wildman–Crippen LogP) is 1.39. The van der Waals surface area contributed by atoms with Gasteiger partial charge < -0.3 is 0 Å². The molecule has 0 N–H and O–H groups in total. The van der Waals surface area contributed by atoms with Gasteiger partial charge in [-0.3, -0.25) is 0 Å². The van der Waals surface area contributed by atoms with E-state index in [4.69, 9.17) is 0 Å². The molecule has 2 nitrogen and oxygen atoms in total. The summed E-state index contributed by atoms with van der Waals surface area (Å²) in [7, 11) is 0. The van der Waals surface area contributed by atoms with Crippen LogP contribution in [0.5, 0.6) is 0 Å². The van der Waals surface area contributed by atoms with Crippen LogP contribution in [0, 0.1) is 6.92 Å². The molecular formula is C4H5IN2. The van der Waals surface area contributed by atoms with Gasteiger partial charge in [0.1, 0.15) is 0 Å². The van der Waals surface area contributed by atoms with Gasteiger partial charge in [0.15, 0.2) is 0 Å². The van der Waals surface area contributed by atoms with E-state index in [-0.39, 0.29) is 0 Å². The fourth-order valence-electron chi connectivity index (χ4n) is 0.352. The molecule has 0 spiro atoms. The van der Waals surface area contributed by atoms with Gasteiger partial charge in [0.25, 0.3) is 0 Å². The van der Waals surface area contributed by atoms with E-state index in [1.54, 1.807) is 9.09 Å². The molecule has 1 aromatic heterocycles. The van der Waals surface area contributed by atoms with Crippen LogP contribution < -0.4 is 0 Å². The van der Waals surface area contributed by atoms with Crippen molar-refractivity contribution in [1.29, 1.82) is 0 Å². The monoisotopic (exact) mass is 208 g/mol. The highest BCUT2D eigenvalue weighted by atomic mass is 127. The van der Waals surface area contributed by atoms with Crippen molar-refractivity contribution in [1.82, 2.24) is 7.99 Å². The van der Waals surface area contributed by atoms with Gasteiger partial charge in [-0.15, -0.1) is 0 Å². The summed E-state index contributed by atoms with van der Waals surface area (Å²) < 4.78 is 1.80. The number of aryl methyl sites for hydroxylation is 1. The average Bonchev–Trinajstić information content (AvgIpc) is 1.91. The van der Waals surface area contributed by atoms with Crippen molar-refractivity contribution in [3.63, 3.8) is 0 Å². The Labute approximate surface area is 56.0 Å². The maximum Gasteiger partial charge on any atom is 0.0846 e. The maximum atomic E-state index is 3.92. The molecule has 0 aliphatic carbocycles. The highest BCUT2D eigenvalue weighted by molar-refractivity contribution is 14.1. The number of hydrogen-bond donors (Lipinski definition) is 0. The van der Waals surface area contributed by atoms with Gasteiger partial charge in [0.2, 0.25) is 0 Å². The van der Waals surface area contributed by atoms with Crippen molar-refractivity contribution in [3.8, 4) is 0 Å². The van der Waals surface area contributed by atoms with Crippen molar-refractivity contribution in [3.05, 3.63) is 18.0 Å². The molecule has 1 aromatic rings. The molecule has 0 unspecified atom stereocenters. The van der Waals surface area contributed by atoms with Crippen molar-refractivity contribution in [2.24, 2.45) is 0 Å². The van der Waals surface area contributed by atoms with Crippen LogP contribution in [-0.4, -0.2) is 7.99 Å². The van der Waals surface area contributed by atoms with E-state index in [1.165, 1.54) is 5.69 Å². The van der Waals surface area contributed by atoms with Crippen molar-refractivity contribution in [2.45, 2.75) is 6.92 Å². The van der Waals surface area contributed by atoms with Crippen molar-refractivity contribution < 1.29 is 0 Å². The van der Waals surface area contributed by atoms with Crippen LogP contribution in [0.3, 0.4) is 0 Å². The minimum atomic E-state index is 1.18. The molecule has 0 saturated heterocycles. The van der Waals surface area contributed by atoms with Crippen LogP contribution in [0.4, 0.5) is 0 Å². The maximum absolute atomic E-state index is 3.92. The van der Waals surface area contributed by atoms with E-state index in [1.807, 2.05) is 13.0 Å². The van der Waals surface area contributed by atoms with Gasteiger partial charge in [-0.25, -0.2) is 2.90 Å². The van der Waals surface area contributed by atoms with Crippen LogP contribution in [0.1, 0.15) is 5.69 Å². The molecule has 38 valence electrons. The summed E-state index contributed by atoms with van der Waals surface area (Å²) in [6, 6.07) is 1.96. The minimum absolute atomic E-state index is 1.18. The molecule has 0 aliphatic heterocycles. The minimum Gasteiger partial charge on any atom is -0.209 e. The van der Waals surface area contributed by atoms with Gasteiger partial charge >= 0.3 is 0 Å². The summed E-state index contributed by atoms with van der Waals surface area (Å²) in [4.78, 5) is 0. The van der Waals surface area contributed by atoms with E-state index in [9.17, 15) is 0 Å². The summed E-state index contributed by atoms with van der Waals surface area (Å²) in [6.45, 7) is 2.01. The number of aromatic nitrogens is 2. The van der Waals surface area contributed by atoms with E-state index >= 15 is 0 Å². The first kappa shape index (κ1) is 5.08. The molecule has 0 aliphatic rings. The van der Waals surface area contributed by atoms with Gasteiger partial charge in [0.05, 0.1) is 29.1 Å². The fourth-order valence-corrected chi connectivity index (χ4v) is 0.657. The zero-order chi connectivity index (χ0) is 5.28.